The summed E-state index contributed by atoms with van der Waals surface area (Å²) in [5, 5.41) is 14.9. The van der Waals surface area contributed by atoms with Gasteiger partial charge in [0.1, 0.15) is 5.75 Å². The van der Waals surface area contributed by atoms with Gasteiger partial charge in [0.05, 0.1) is 18.3 Å². The normalized spacial score (nSPS) is 24.0. The van der Waals surface area contributed by atoms with Crippen LogP contribution < -0.4 is 5.32 Å². The second-order valence-electron chi connectivity index (χ2n) is 6.67. The van der Waals surface area contributed by atoms with E-state index in [1.165, 1.54) is 12.8 Å². The van der Waals surface area contributed by atoms with Crippen molar-refractivity contribution in [2.75, 3.05) is 26.2 Å². The Morgan fingerprint density at radius 1 is 1.29 bits per heavy atom. The van der Waals surface area contributed by atoms with Gasteiger partial charge in [-0.3, -0.25) is 9.69 Å². The number of rotatable bonds is 3. The van der Waals surface area contributed by atoms with Gasteiger partial charge in [-0.05, 0) is 42.3 Å². The van der Waals surface area contributed by atoms with Crippen LogP contribution in [0.3, 0.4) is 0 Å². The maximum Gasteiger partial charge on any atom is 0.255 e. The predicted molar refractivity (Wildman–Crippen MR) is 92.3 cm³/mol. The molecule has 5 nitrogen and oxygen atoms in total. The number of phenols is 1. The van der Waals surface area contributed by atoms with E-state index < -0.39 is 0 Å². The van der Waals surface area contributed by atoms with E-state index in [4.69, 9.17) is 4.74 Å². The Kier molecular flexibility index (Phi) is 4.12. The van der Waals surface area contributed by atoms with Crippen molar-refractivity contribution in [3.8, 4) is 5.75 Å². The third-order valence-corrected chi connectivity index (χ3v) is 5.06. The Balaban J connectivity index is 1.42. The summed E-state index contributed by atoms with van der Waals surface area (Å²) in [7, 11) is 0. The standard InChI is InChI=1S/C19H22N2O3/c22-18-9-14-5-2-1-4-13(14)8-17(18)19(23)20-10-16-11-21-7-3-6-15(21)12-24-16/h1-2,4-5,8-9,15-16,22H,3,6-7,10-12H2,(H,20,23)/t15-,16+/m1/s1. The van der Waals surface area contributed by atoms with Crippen LogP contribution in [0.2, 0.25) is 0 Å². The maximum absolute atomic E-state index is 12.4. The van der Waals surface area contributed by atoms with Crippen molar-refractivity contribution in [2.45, 2.75) is 25.0 Å². The zero-order chi connectivity index (χ0) is 16.5. The lowest BCUT2D eigenvalue weighted by molar-refractivity contribution is -0.0461. The second-order valence-corrected chi connectivity index (χ2v) is 6.67. The molecular formula is C19H22N2O3. The molecule has 0 aliphatic carbocycles. The van der Waals surface area contributed by atoms with Crippen molar-refractivity contribution in [2.24, 2.45) is 0 Å². The summed E-state index contributed by atoms with van der Waals surface area (Å²) in [5.74, 6) is -0.249. The zero-order valence-corrected chi connectivity index (χ0v) is 13.6. The molecular weight excluding hydrogens is 304 g/mol. The lowest BCUT2D eigenvalue weighted by Gasteiger charge is -2.35. The van der Waals surface area contributed by atoms with Crippen LogP contribution in [0.15, 0.2) is 36.4 Å². The number of aromatic hydroxyl groups is 1. The van der Waals surface area contributed by atoms with Gasteiger partial charge >= 0.3 is 0 Å². The molecule has 0 bridgehead atoms. The van der Waals surface area contributed by atoms with Crippen molar-refractivity contribution in [1.82, 2.24) is 10.2 Å². The van der Waals surface area contributed by atoms with Gasteiger partial charge in [0, 0.05) is 19.1 Å². The summed E-state index contributed by atoms with van der Waals surface area (Å²) < 4.78 is 5.86. The average molecular weight is 326 g/mol. The molecule has 0 saturated carbocycles. The minimum atomic E-state index is -0.259. The van der Waals surface area contributed by atoms with Gasteiger partial charge < -0.3 is 15.2 Å². The summed E-state index contributed by atoms with van der Waals surface area (Å²) in [6.45, 7) is 3.22. The van der Waals surface area contributed by atoms with E-state index in [0.29, 0.717) is 18.2 Å². The minimum Gasteiger partial charge on any atom is -0.507 e. The van der Waals surface area contributed by atoms with Crippen molar-refractivity contribution in [3.63, 3.8) is 0 Å². The topological polar surface area (TPSA) is 61.8 Å². The number of nitrogens with zero attached hydrogens (tertiary/aromatic N) is 1. The molecule has 2 saturated heterocycles. The Morgan fingerprint density at radius 3 is 2.92 bits per heavy atom. The average Bonchev–Trinajstić information content (AvgIpc) is 3.06. The third kappa shape index (κ3) is 2.97. The first-order chi connectivity index (χ1) is 11.7. The molecule has 2 fully saturated rings. The van der Waals surface area contributed by atoms with Crippen LogP contribution in [0.5, 0.6) is 5.75 Å². The molecule has 24 heavy (non-hydrogen) atoms. The van der Waals surface area contributed by atoms with E-state index in [0.717, 1.165) is 30.5 Å². The van der Waals surface area contributed by atoms with Crippen LogP contribution in [0.25, 0.3) is 10.8 Å². The molecule has 1 amide bonds. The number of amides is 1. The number of morpholine rings is 1. The number of carbonyl (C=O) groups excluding carboxylic acids is 1. The molecule has 0 radical (unpaired) electrons. The molecule has 2 aliphatic rings. The van der Waals surface area contributed by atoms with Crippen LogP contribution in [0.1, 0.15) is 23.2 Å². The minimum absolute atomic E-state index is 0.00960. The summed E-state index contributed by atoms with van der Waals surface area (Å²) >= 11 is 0. The highest BCUT2D eigenvalue weighted by molar-refractivity contribution is 6.01. The molecule has 2 aromatic carbocycles. The number of hydrogen-bond donors (Lipinski definition) is 2. The number of fused-ring (bicyclic) bond motifs is 2. The van der Waals surface area contributed by atoms with Gasteiger partial charge in [-0.15, -0.1) is 0 Å². The molecule has 126 valence electrons. The Labute approximate surface area is 141 Å². The second kappa shape index (κ2) is 6.42. The molecule has 5 heteroatoms. The highest BCUT2D eigenvalue weighted by Gasteiger charge is 2.32. The first kappa shape index (κ1) is 15.4. The molecule has 0 aromatic heterocycles. The quantitative estimate of drug-likeness (QED) is 0.907. The Hall–Kier alpha value is -2.11. The fraction of sp³-hybridized carbons (Fsp3) is 0.421. The van der Waals surface area contributed by atoms with E-state index >= 15 is 0 Å². The molecule has 0 spiro atoms. The first-order valence-corrected chi connectivity index (χ1v) is 8.56. The van der Waals surface area contributed by atoms with Gasteiger partial charge in [0.25, 0.3) is 5.91 Å². The van der Waals surface area contributed by atoms with Crippen LogP contribution in [-0.2, 0) is 4.74 Å². The predicted octanol–water partition coefficient (Wildman–Crippen LogP) is 2.14. The van der Waals surface area contributed by atoms with Gasteiger partial charge in [-0.2, -0.15) is 0 Å². The fourth-order valence-electron chi connectivity index (χ4n) is 3.72. The van der Waals surface area contributed by atoms with Crippen molar-refractivity contribution in [1.29, 1.82) is 0 Å². The molecule has 2 N–H and O–H groups in total. The van der Waals surface area contributed by atoms with Crippen LogP contribution >= 0.6 is 0 Å². The van der Waals surface area contributed by atoms with Gasteiger partial charge in [-0.1, -0.05) is 24.3 Å². The summed E-state index contributed by atoms with van der Waals surface area (Å²) in [6.07, 6.45) is 2.47. The molecule has 4 rings (SSSR count). The van der Waals surface area contributed by atoms with E-state index in [9.17, 15) is 9.90 Å². The van der Waals surface area contributed by atoms with Gasteiger partial charge in [-0.25, -0.2) is 0 Å². The molecule has 0 unspecified atom stereocenters. The number of benzene rings is 2. The van der Waals surface area contributed by atoms with Crippen molar-refractivity contribution < 1.29 is 14.6 Å². The third-order valence-electron chi connectivity index (χ3n) is 5.06. The SMILES string of the molecule is O=C(NC[C@H]1CN2CCC[C@@H]2CO1)c1cc2ccccc2cc1O. The number of carbonyl (C=O) groups is 1. The highest BCUT2D eigenvalue weighted by Crippen LogP contribution is 2.25. The molecule has 2 aromatic rings. The van der Waals surface area contributed by atoms with Crippen LogP contribution in [-0.4, -0.2) is 54.3 Å². The van der Waals surface area contributed by atoms with Gasteiger partial charge in [0.15, 0.2) is 0 Å². The summed E-state index contributed by atoms with van der Waals surface area (Å²) in [6, 6.07) is 11.6. The zero-order valence-electron chi connectivity index (χ0n) is 13.6. The smallest absolute Gasteiger partial charge is 0.255 e. The molecule has 2 atom stereocenters. The number of phenolic OH excluding ortho intramolecular Hbond substituents is 1. The number of nitrogens with one attached hydrogen (secondary N) is 1. The Morgan fingerprint density at radius 2 is 2.08 bits per heavy atom. The Bertz CT molecular complexity index is 761. The van der Waals surface area contributed by atoms with Gasteiger partial charge in [0.2, 0.25) is 0 Å². The van der Waals surface area contributed by atoms with E-state index in [2.05, 4.69) is 10.2 Å². The maximum atomic E-state index is 12.4. The van der Waals surface area contributed by atoms with Crippen LogP contribution in [0.4, 0.5) is 0 Å². The first-order valence-electron chi connectivity index (χ1n) is 8.56. The van der Waals surface area contributed by atoms with E-state index in [1.807, 2.05) is 24.3 Å². The molecule has 2 heterocycles. The van der Waals surface area contributed by atoms with Crippen molar-refractivity contribution in [3.05, 3.63) is 42.0 Å². The largest absolute Gasteiger partial charge is 0.507 e. The number of ether oxygens (including phenoxy) is 1. The fourth-order valence-corrected chi connectivity index (χ4v) is 3.72. The van der Waals surface area contributed by atoms with E-state index in [-0.39, 0.29) is 17.8 Å². The lowest BCUT2D eigenvalue weighted by atomic mass is 10.1. The van der Waals surface area contributed by atoms with Crippen molar-refractivity contribution >= 4 is 16.7 Å². The highest BCUT2D eigenvalue weighted by atomic mass is 16.5. The lowest BCUT2D eigenvalue weighted by Crippen LogP contribution is -2.50. The summed E-state index contributed by atoms with van der Waals surface area (Å²) in [5.41, 5.74) is 0.309. The number of hydrogen-bond acceptors (Lipinski definition) is 4. The monoisotopic (exact) mass is 326 g/mol. The summed E-state index contributed by atoms with van der Waals surface area (Å²) in [4.78, 5) is 14.9. The molecule has 2 aliphatic heterocycles. The van der Waals surface area contributed by atoms with E-state index in [1.54, 1.807) is 12.1 Å². The van der Waals surface area contributed by atoms with Crippen LogP contribution in [0, 0.1) is 0 Å².